The standard InChI is InChI=1S/C14H20N4S/c1-4-7-15-10-12-6-5-8-16-14(12)19-13-9-11(2)17-18(13)3/h5-6,8-9,15H,4,7,10H2,1-3H3. The molecule has 19 heavy (non-hydrogen) atoms. The molecule has 0 radical (unpaired) electrons. The molecule has 2 rings (SSSR count). The number of rotatable bonds is 6. The van der Waals surface area contributed by atoms with Gasteiger partial charge in [-0.2, -0.15) is 5.10 Å². The largest absolute Gasteiger partial charge is 0.313 e. The van der Waals surface area contributed by atoms with Crippen LogP contribution in [0.2, 0.25) is 0 Å². The molecule has 0 unspecified atom stereocenters. The molecule has 1 N–H and O–H groups in total. The van der Waals surface area contributed by atoms with Crippen molar-refractivity contribution in [2.75, 3.05) is 6.54 Å². The number of hydrogen-bond acceptors (Lipinski definition) is 4. The predicted octanol–water partition coefficient (Wildman–Crippen LogP) is 2.77. The van der Waals surface area contributed by atoms with Gasteiger partial charge in [0.05, 0.1) is 5.69 Å². The lowest BCUT2D eigenvalue weighted by atomic mass is 10.3. The van der Waals surface area contributed by atoms with E-state index in [0.29, 0.717) is 0 Å². The van der Waals surface area contributed by atoms with Gasteiger partial charge in [-0.05, 0) is 37.6 Å². The van der Waals surface area contributed by atoms with Gasteiger partial charge in [0.2, 0.25) is 0 Å². The van der Waals surface area contributed by atoms with Crippen molar-refractivity contribution in [3.63, 3.8) is 0 Å². The van der Waals surface area contributed by atoms with Crippen molar-refractivity contribution in [3.8, 4) is 0 Å². The number of nitrogens with zero attached hydrogens (tertiary/aromatic N) is 3. The SMILES string of the molecule is CCCNCc1cccnc1Sc1cc(C)nn1C. The van der Waals surface area contributed by atoms with Gasteiger partial charge in [0.25, 0.3) is 0 Å². The minimum Gasteiger partial charge on any atom is -0.313 e. The smallest absolute Gasteiger partial charge is 0.107 e. The Morgan fingerprint density at radius 2 is 2.26 bits per heavy atom. The van der Waals surface area contributed by atoms with Crippen LogP contribution in [0.3, 0.4) is 0 Å². The van der Waals surface area contributed by atoms with Gasteiger partial charge >= 0.3 is 0 Å². The molecule has 0 amide bonds. The van der Waals surface area contributed by atoms with Gasteiger partial charge in [-0.15, -0.1) is 0 Å². The second-order valence-electron chi connectivity index (χ2n) is 4.49. The molecule has 4 nitrogen and oxygen atoms in total. The zero-order chi connectivity index (χ0) is 13.7. The lowest BCUT2D eigenvalue weighted by Gasteiger charge is -2.08. The van der Waals surface area contributed by atoms with Gasteiger partial charge in [0, 0.05) is 19.8 Å². The normalized spacial score (nSPS) is 10.9. The Labute approximate surface area is 118 Å². The molecule has 0 atom stereocenters. The maximum absolute atomic E-state index is 4.48. The second kappa shape index (κ2) is 6.73. The van der Waals surface area contributed by atoms with E-state index in [0.717, 1.165) is 35.3 Å². The summed E-state index contributed by atoms with van der Waals surface area (Å²) in [5, 5.41) is 9.95. The summed E-state index contributed by atoms with van der Waals surface area (Å²) < 4.78 is 1.90. The molecule has 0 aliphatic heterocycles. The Balaban J connectivity index is 2.13. The molecule has 0 fully saturated rings. The molecule has 5 heteroatoms. The van der Waals surface area contributed by atoms with Crippen LogP contribution in [-0.4, -0.2) is 21.3 Å². The van der Waals surface area contributed by atoms with Crippen LogP contribution in [-0.2, 0) is 13.6 Å². The van der Waals surface area contributed by atoms with E-state index in [1.807, 2.05) is 30.9 Å². The van der Waals surface area contributed by atoms with Crippen molar-refractivity contribution < 1.29 is 0 Å². The number of aryl methyl sites for hydroxylation is 2. The van der Waals surface area contributed by atoms with E-state index in [-0.39, 0.29) is 0 Å². The van der Waals surface area contributed by atoms with E-state index in [2.05, 4.69) is 34.5 Å². The first-order valence-electron chi connectivity index (χ1n) is 6.53. The van der Waals surface area contributed by atoms with Crippen LogP contribution in [0.25, 0.3) is 0 Å². The summed E-state index contributed by atoms with van der Waals surface area (Å²) in [5.41, 5.74) is 2.27. The van der Waals surface area contributed by atoms with Crippen LogP contribution < -0.4 is 5.32 Å². The summed E-state index contributed by atoms with van der Waals surface area (Å²) in [5.74, 6) is 0. The molecule has 2 aromatic heterocycles. The van der Waals surface area contributed by atoms with Crippen molar-refractivity contribution in [2.45, 2.75) is 36.9 Å². The fraction of sp³-hybridized carbons (Fsp3) is 0.429. The number of aromatic nitrogens is 3. The first-order chi connectivity index (χ1) is 9.20. The molecule has 0 saturated heterocycles. The quantitative estimate of drug-likeness (QED) is 0.824. The lowest BCUT2D eigenvalue weighted by molar-refractivity contribution is 0.663. The zero-order valence-corrected chi connectivity index (χ0v) is 12.5. The first-order valence-corrected chi connectivity index (χ1v) is 7.35. The van der Waals surface area contributed by atoms with Crippen LogP contribution in [0.15, 0.2) is 34.4 Å². The number of nitrogens with one attached hydrogen (secondary N) is 1. The lowest BCUT2D eigenvalue weighted by Crippen LogP contribution is -2.14. The minimum absolute atomic E-state index is 0.862. The monoisotopic (exact) mass is 276 g/mol. The zero-order valence-electron chi connectivity index (χ0n) is 11.7. The third-order valence-corrected chi connectivity index (χ3v) is 3.90. The van der Waals surface area contributed by atoms with E-state index in [1.165, 1.54) is 5.56 Å². The highest BCUT2D eigenvalue weighted by Crippen LogP contribution is 2.28. The van der Waals surface area contributed by atoms with Gasteiger partial charge in [0.15, 0.2) is 0 Å². The molecular formula is C14H20N4S. The van der Waals surface area contributed by atoms with E-state index < -0.39 is 0 Å². The van der Waals surface area contributed by atoms with E-state index in [9.17, 15) is 0 Å². The summed E-state index contributed by atoms with van der Waals surface area (Å²) in [7, 11) is 1.97. The predicted molar refractivity (Wildman–Crippen MR) is 78.3 cm³/mol. The molecule has 2 heterocycles. The fourth-order valence-electron chi connectivity index (χ4n) is 1.83. The Kier molecular flexibility index (Phi) is 4.99. The molecule has 0 aromatic carbocycles. The van der Waals surface area contributed by atoms with Crippen LogP contribution in [0.4, 0.5) is 0 Å². The highest BCUT2D eigenvalue weighted by atomic mass is 32.2. The van der Waals surface area contributed by atoms with Crippen molar-refractivity contribution in [1.29, 1.82) is 0 Å². The molecule has 0 spiro atoms. The number of hydrogen-bond donors (Lipinski definition) is 1. The molecular weight excluding hydrogens is 256 g/mol. The van der Waals surface area contributed by atoms with Crippen LogP contribution >= 0.6 is 11.8 Å². The first kappa shape index (κ1) is 14.1. The summed E-state index contributed by atoms with van der Waals surface area (Å²) >= 11 is 1.67. The summed E-state index contributed by atoms with van der Waals surface area (Å²) in [6, 6.07) is 6.20. The highest BCUT2D eigenvalue weighted by molar-refractivity contribution is 7.99. The van der Waals surface area contributed by atoms with Crippen LogP contribution in [0.5, 0.6) is 0 Å². The Bertz CT molecular complexity index is 536. The Hall–Kier alpha value is -1.33. The molecule has 102 valence electrons. The van der Waals surface area contributed by atoms with Crippen molar-refractivity contribution in [2.24, 2.45) is 7.05 Å². The third-order valence-electron chi connectivity index (χ3n) is 2.75. The maximum atomic E-state index is 4.48. The molecule has 0 aliphatic rings. The van der Waals surface area contributed by atoms with Gasteiger partial charge in [0.1, 0.15) is 10.1 Å². The molecule has 0 bridgehead atoms. The average Bonchev–Trinajstić information content (AvgIpc) is 2.70. The van der Waals surface area contributed by atoms with Crippen molar-refractivity contribution in [3.05, 3.63) is 35.7 Å². The Morgan fingerprint density at radius 1 is 1.42 bits per heavy atom. The molecule has 0 saturated carbocycles. The fourth-order valence-corrected chi connectivity index (χ4v) is 2.82. The number of pyridine rings is 1. The van der Waals surface area contributed by atoms with Crippen molar-refractivity contribution >= 4 is 11.8 Å². The Morgan fingerprint density at radius 3 is 2.95 bits per heavy atom. The van der Waals surface area contributed by atoms with Crippen LogP contribution in [0, 0.1) is 6.92 Å². The summed E-state index contributed by atoms with van der Waals surface area (Å²) in [6.45, 7) is 6.07. The molecule has 0 aliphatic carbocycles. The minimum atomic E-state index is 0.862. The van der Waals surface area contributed by atoms with E-state index in [1.54, 1.807) is 11.8 Å². The van der Waals surface area contributed by atoms with Gasteiger partial charge in [-0.1, -0.05) is 24.8 Å². The third kappa shape index (κ3) is 3.81. The van der Waals surface area contributed by atoms with Gasteiger partial charge < -0.3 is 5.32 Å². The van der Waals surface area contributed by atoms with E-state index >= 15 is 0 Å². The summed E-state index contributed by atoms with van der Waals surface area (Å²) in [6.07, 6.45) is 2.98. The van der Waals surface area contributed by atoms with Gasteiger partial charge in [-0.3, -0.25) is 4.68 Å². The summed E-state index contributed by atoms with van der Waals surface area (Å²) in [4.78, 5) is 4.48. The van der Waals surface area contributed by atoms with Crippen LogP contribution in [0.1, 0.15) is 24.6 Å². The van der Waals surface area contributed by atoms with E-state index in [4.69, 9.17) is 0 Å². The molecule has 2 aromatic rings. The highest BCUT2D eigenvalue weighted by Gasteiger charge is 2.09. The topological polar surface area (TPSA) is 42.7 Å². The second-order valence-corrected chi connectivity index (χ2v) is 5.50. The maximum Gasteiger partial charge on any atom is 0.107 e. The van der Waals surface area contributed by atoms with Gasteiger partial charge in [-0.25, -0.2) is 4.98 Å². The average molecular weight is 276 g/mol. The van der Waals surface area contributed by atoms with Crippen molar-refractivity contribution in [1.82, 2.24) is 20.1 Å².